The van der Waals surface area contributed by atoms with Crippen molar-refractivity contribution in [2.45, 2.75) is 5.09 Å². The van der Waals surface area contributed by atoms with Gasteiger partial charge in [-0.25, -0.2) is 0 Å². The van der Waals surface area contributed by atoms with Crippen LogP contribution in [0.2, 0.25) is 0 Å². The summed E-state index contributed by atoms with van der Waals surface area (Å²) in [5, 5.41) is 7.98. The smallest absolute Gasteiger partial charge is 0.766 e. The monoisotopic (exact) mass is 179 g/mol. The predicted octanol–water partition coefficient (Wildman–Crippen LogP) is -2.61. The Labute approximate surface area is 87.8 Å². The van der Waals surface area contributed by atoms with Crippen LogP contribution in [0.25, 0.3) is 0 Å². The Bertz CT molecular complexity index is 303. The van der Waals surface area contributed by atoms with Crippen molar-refractivity contribution in [1.29, 1.82) is 5.26 Å². The van der Waals surface area contributed by atoms with Gasteiger partial charge in [0.25, 0.3) is 0 Å². The number of rotatable bonds is 1. The second-order valence-electron chi connectivity index (χ2n) is 1.47. The van der Waals surface area contributed by atoms with Crippen LogP contribution >= 0.6 is 0 Å². The van der Waals surface area contributed by atoms with E-state index in [1.807, 2.05) is 0 Å². The van der Waals surface area contributed by atoms with E-state index in [9.17, 15) is 8.76 Å². The number of nitriles is 1. The molecular weight excluding hydrogens is 177 g/mol. The van der Waals surface area contributed by atoms with Gasteiger partial charge in [-0.15, -0.1) is 0 Å². The van der Waals surface area contributed by atoms with Gasteiger partial charge in [0.15, 0.2) is 5.09 Å². The van der Waals surface area contributed by atoms with Gasteiger partial charge in [0.2, 0.25) is 5.76 Å². The van der Waals surface area contributed by atoms with Crippen molar-refractivity contribution in [3.8, 4) is 6.07 Å². The number of hydrogen-bond acceptors (Lipinski definition) is 4. The molecule has 0 fully saturated rings. The first-order valence-corrected chi connectivity index (χ1v) is 3.40. The van der Waals surface area contributed by atoms with E-state index in [1.165, 1.54) is 12.1 Å². The van der Waals surface area contributed by atoms with Crippen molar-refractivity contribution in [2.75, 3.05) is 0 Å². The molecule has 0 bridgehead atoms. The maximum Gasteiger partial charge on any atom is 1.00 e. The Hall–Kier alpha value is -0.120. The quantitative estimate of drug-likeness (QED) is 0.349. The third-order valence-electron chi connectivity index (χ3n) is 0.856. The molecule has 6 heteroatoms. The van der Waals surface area contributed by atoms with Crippen LogP contribution in [0.15, 0.2) is 21.6 Å². The van der Waals surface area contributed by atoms with Crippen molar-refractivity contribution in [2.24, 2.45) is 0 Å². The van der Waals surface area contributed by atoms with Crippen molar-refractivity contribution in [1.82, 2.24) is 0 Å². The first-order chi connectivity index (χ1) is 4.74. The Morgan fingerprint density at radius 2 is 2.27 bits per heavy atom. The molecule has 0 radical (unpaired) electrons. The summed E-state index contributed by atoms with van der Waals surface area (Å²) in [5.74, 6) is -0.000741. The van der Waals surface area contributed by atoms with E-state index in [0.29, 0.717) is 0 Å². The Morgan fingerprint density at radius 1 is 1.64 bits per heavy atom. The fourth-order valence-corrected chi connectivity index (χ4v) is 0.807. The summed E-state index contributed by atoms with van der Waals surface area (Å²) >= 11 is -2.38. The first kappa shape index (κ1) is 10.9. The van der Waals surface area contributed by atoms with Crippen molar-refractivity contribution in [3.63, 3.8) is 0 Å². The van der Waals surface area contributed by atoms with Gasteiger partial charge in [-0.3, -0.25) is 4.21 Å². The summed E-state index contributed by atoms with van der Waals surface area (Å²) < 4.78 is 24.8. The van der Waals surface area contributed by atoms with Gasteiger partial charge in [-0.2, -0.15) is 5.26 Å². The zero-order chi connectivity index (χ0) is 7.56. The molecule has 1 atom stereocenters. The molecule has 52 valence electrons. The number of hydrogen-bond donors (Lipinski definition) is 0. The minimum atomic E-state index is -2.38. The van der Waals surface area contributed by atoms with E-state index in [1.54, 1.807) is 6.07 Å². The molecule has 0 aliphatic heterocycles. The molecule has 0 aliphatic carbocycles. The maximum atomic E-state index is 10.1. The molecule has 0 aliphatic rings. The average Bonchev–Trinajstić information content (AvgIpc) is 2.34. The Kier molecular flexibility index (Phi) is 4.65. The van der Waals surface area contributed by atoms with Crippen molar-refractivity contribution in [3.05, 3.63) is 17.9 Å². The first-order valence-electron chi connectivity index (χ1n) is 2.33. The van der Waals surface area contributed by atoms with Crippen molar-refractivity contribution < 1.29 is 42.7 Å². The van der Waals surface area contributed by atoms with Gasteiger partial charge in [0.1, 0.15) is 6.07 Å². The van der Waals surface area contributed by atoms with E-state index < -0.39 is 11.1 Å². The molecule has 0 saturated carbocycles. The van der Waals surface area contributed by atoms with Crippen LogP contribution < -0.4 is 29.6 Å². The van der Waals surface area contributed by atoms with Gasteiger partial charge in [-0.05, 0) is 12.1 Å². The fourth-order valence-electron chi connectivity index (χ4n) is 0.470. The van der Waals surface area contributed by atoms with Crippen LogP contribution in [-0.2, 0) is 11.1 Å². The summed E-state index contributed by atoms with van der Waals surface area (Å²) in [4.78, 5) is 0. The summed E-state index contributed by atoms with van der Waals surface area (Å²) in [5.41, 5.74) is 0. The molecule has 0 spiro atoms. The fraction of sp³-hybridized carbons (Fsp3) is 0. The second-order valence-corrected chi connectivity index (χ2v) is 2.34. The topological polar surface area (TPSA) is 77.1 Å². The van der Waals surface area contributed by atoms with Crippen LogP contribution in [0, 0.1) is 11.3 Å². The molecule has 0 N–H and O–H groups in total. The maximum absolute atomic E-state index is 10.1. The zero-order valence-electron chi connectivity index (χ0n) is 5.73. The molecule has 1 aromatic heterocycles. The van der Waals surface area contributed by atoms with Crippen LogP contribution in [0.5, 0.6) is 0 Å². The van der Waals surface area contributed by atoms with E-state index >= 15 is 0 Å². The van der Waals surface area contributed by atoms with Gasteiger partial charge < -0.3 is 8.97 Å². The van der Waals surface area contributed by atoms with Crippen LogP contribution in [-0.4, -0.2) is 8.76 Å². The molecule has 4 nitrogen and oxygen atoms in total. The van der Waals surface area contributed by atoms with E-state index in [2.05, 4.69) is 4.42 Å². The van der Waals surface area contributed by atoms with E-state index in [4.69, 9.17) is 5.26 Å². The van der Waals surface area contributed by atoms with E-state index in [-0.39, 0.29) is 40.4 Å². The van der Waals surface area contributed by atoms with E-state index in [0.717, 1.165) is 0 Å². The largest absolute Gasteiger partial charge is 1.00 e. The Morgan fingerprint density at radius 3 is 2.55 bits per heavy atom. The SMILES string of the molecule is N#Cc1ccc(S(=O)[O-])o1.[Na+]. The molecule has 0 aromatic carbocycles. The summed E-state index contributed by atoms with van der Waals surface area (Å²) in [6.07, 6.45) is 0. The van der Waals surface area contributed by atoms with Gasteiger partial charge >= 0.3 is 29.6 Å². The summed E-state index contributed by atoms with van der Waals surface area (Å²) in [7, 11) is 0. The van der Waals surface area contributed by atoms with Crippen molar-refractivity contribution >= 4 is 11.1 Å². The summed E-state index contributed by atoms with van der Waals surface area (Å²) in [6, 6.07) is 4.18. The molecule has 1 unspecified atom stereocenters. The second kappa shape index (κ2) is 4.70. The standard InChI is InChI=1S/C5H3NO3S.Na/c6-3-4-1-2-5(9-4)10(7)8;/h1-2H,(H,7,8);/q;+1/p-1. The van der Waals surface area contributed by atoms with Crippen LogP contribution in [0.1, 0.15) is 5.76 Å². The predicted molar refractivity (Wildman–Crippen MR) is 30.6 cm³/mol. The van der Waals surface area contributed by atoms with Gasteiger partial charge in [-0.1, -0.05) is 0 Å². The molecule has 11 heavy (non-hydrogen) atoms. The minimum absolute atomic E-state index is 0. The normalized spacial score (nSPS) is 11.3. The molecule has 0 amide bonds. The molecule has 1 aromatic rings. The number of furan rings is 1. The molecule has 1 rings (SSSR count). The number of nitrogens with zero attached hydrogens (tertiary/aromatic N) is 1. The summed E-state index contributed by atoms with van der Waals surface area (Å²) in [6.45, 7) is 0. The van der Waals surface area contributed by atoms with Crippen LogP contribution in [0.3, 0.4) is 0 Å². The molecular formula is C5H2NNaO3S. The zero-order valence-corrected chi connectivity index (χ0v) is 8.55. The van der Waals surface area contributed by atoms with Gasteiger partial charge in [0.05, 0.1) is 0 Å². The molecule has 0 saturated heterocycles. The minimum Gasteiger partial charge on any atom is -0.766 e. The third-order valence-corrected chi connectivity index (χ3v) is 1.40. The van der Waals surface area contributed by atoms with Gasteiger partial charge in [0, 0.05) is 11.1 Å². The third kappa shape index (κ3) is 2.77. The Balaban J connectivity index is 0.000001000. The average molecular weight is 179 g/mol. The molecule has 1 heterocycles. The van der Waals surface area contributed by atoms with Crippen LogP contribution in [0.4, 0.5) is 0 Å².